The first-order valence-electron chi connectivity index (χ1n) is 6.13. The van der Waals surface area contributed by atoms with E-state index >= 15 is 0 Å². The third-order valence-corrected chi connectivity index (χ3v) is 4.16. The molecule has 0 amide bonds. The summed E-state index contributed by atoms with van der Waals surface area (Å²) in [5.41, 5.74) is 0.842. The van der Waals surface area contributed by atoms with Crippen LogP contribution in [0.5, 0.6) is 5.75 Å². The average Bonchev–Trinajstić information content (AvgIpc) is 2.81. The highest BCUT2D eigenvalue weighted by molar-refractivity contribution is 7.10. The highest BCUT2D eigenvalue weighted by Crippen LogP contribution is 2.34. The number of hydrogen-bond donors (Lipinski definition) is 1. The molecule has 1 atom stereocenters. The number of alkyl halides is 2. The van der Waals surface area contributed by atoms with Crippen molar-refractivity contribution in [3.63, 3.8) is 0 Å². The van der Waals surface area contributed by atoms with Crippen molar-refractivity contribution in [2.24, 2.45) is 0 Å². The number of benzene rings is 1. The minimum Gasteiger partial charge on any atom is -0.435 e. The SMILES string of the molecule is CCNC(c1cccc(OC(F)F)c1)c1sccc1Cl. The predicted molar refractivity (Wildman–Crippen MR) is 77.9 cm³/mol. The van der Waals surface area contributed by atoms with Gasteiger partial charge >= 0.3 is 6.61 Å². The molecule has 1 heterocycles. The fourth-order valence-corrected chi connectivity index (χ4v) is 3.22. The van der Waals surface area contributed by atoms with Crippen molar-refractivity contribution >= 4 is 22.9 Å². The molecule has 2 nitrogen and oxygen atoms in total. The first kappa shape index (κ1) is 15.2. The van der Waals surface area contributed by atoms with Crippen LogP contribution < -0.4 is 10.1 Å². The van der Waals surface area contributed by atoms with Crippen molar-refractivity contribution in [3.8, 4) is 5.75 Å². The van der Waals surface area contributed by atoms with Gasteiger partial charge in [0.05, 0.1) is 11.1 Å². The van der Waals surface area contributed by atoms with E-state index in [1.54, 1.807) is 12.1 Å². The van der Waals surface area contributed by atoms with E-state index in [-0.39, 0.29) is 11.8 Å². The quantitative estimate of drug-likeness (QED) is 0.833. The molecule has 1 N–H and O–H groups in total. The zero-order valence-corrected chi connectivity index (χ0v) is 12.3. The maximum Gasteiger partial charge on any atom is 0.387 e. The van der Waals surface area contributed by atoms with Crippen molar-refractivity contribution in [1.29, 1.82) is 0 Å². The van der Waals surface area contributed by atoms with E-state index in [1.165, 1.54) is 17.4 Å². The van der Waals surface area contributed by atoms with Crippen LogP contribution in [0.3, 0.4) is 0 Å². The number of nitrogens with one attached hydrogen (secondary N) is 1. The van der Waals surface area contributed by atoms with Crippen molar-refractivity contribution in [1.82, 2.24) is 5.32 Å². The van der Waals surface area contributed by atoms with Crippen LogP contribution in [0.25, 0.3) is 0 Å². The molecule has 0 spiro atoms. The topological polar surface area (TPSA) is 21.3 Å². The Kier molecular flexibility index (Phi) is 5.34. The second-order valence-corrected chi connectivity index (χ2v) is 5.43. The molecule has 0 aliphatic rings. The molecule has 6 heteroatoms. The standard InChI is InChI=1S/C14H14ClF2NOS/c1-2-18-12(13-11(15)6-7-20-13)9-4-3-5-10(8-9)19-14(16)17/h3-8,12,14,18H,2H2,1H3. The largest absolute Gasteiger partial charge is 0.435 e. The number of hydrogen-bond acceptors (Lipinski definition) is 3. The summed E-state index contributed by atoms with van der Waals surface area (Å²) in [4.78, 5) is 0.961. The molecule has 2 rings (SSSR count). The fourth-order valence-electron chi connectivity index (χ4n) is 1.95. The van der Waals surface area contributed by atoms with Crippen LogP contribution in [0.2, 0.25) is 5.02 Å². The molecule has 0 saturated heterocycles. The Morgan fingerprint density at radius 2 is 2.15 bits per heavy atom. The molecular formula is C14H14ClF2NOS. The Morgan fingerprint density at radius 1 is 1.35 bits per heavy atom. The lowest BCUT2D eigenvalue weighted by molar-refractivity contribution is -0.0498. The molecule has 2 aromatic rings. The van der Waals surface area contributed by atoms with Gasteiger partial charge in [-0.3, -0.25) is 0 Å². The molecule has 0 fully saturated rings. The Labute approximate surface area is 125 Å². The second kappa shape index (κ2) is 7.02. The Balaban J connectivity index is 2.32. The van der Waals surface area contributed by atoms with Gasteiger partial charge in [0.1, 0.15) is 5.75 Å². The summed E-state index contributed by atoms with van der Waals surface area (Å²) in [5, 5.41) is 5.88. The summed E-state index contributed by atoms with van der Waals surface area (Å²) in [5.74, 6) is 0.146. The molecule has 1 aromatic carbocycles. The highest BCUT2D eigenvalue weighted by atomic mass is 35.5. The summed E-state index contributed by atoms with van der Waals surface area (Å²) in [6.07, 6.45) is 0. The molecule has 0 saturated carbocycles. The number of ether oxygens (including phenoxy) is 1. The minimum atomic E-state index is -2.83. The van der Waals surface area contributed by atoms with Gasteiger partial charge in [-0.25, -0.2) is 0 Å². The van der Waals surface area contributed by atoms with Gasteiger partial charge < -0.3 is 10.1 Å². The minimum absolute atomic E-state index is 0.131. The number of rotatable bonds is 6. The molecule has 20 heavy (non-hydrogen) atoms. The number of thiophene rings is 1. The van der Waals surface area contributed by atoms with Crippen LogP contribution in [0.4, 0.5) is 8.78 Å². The molecule has 0 bridgehead atoms. The Morgan fingerprint density at radius 3 is 2.75 bits per heavy atom. The van der Waals surface area contributed by atoms with E-state index < -0.39 is 6.61 Å². The van der Waals surface area contributed by atoms with Crippen LogP contribution in [0, 0.1) is 0 Å². The highest BCUT2D eigenvalue weighted by Gasteiger charge is 2.18. The predicted octanol–water partition coefficient (Wildman–Crippen LogP) is 4.70. The number of halogens is 3. The van der Waals surface area contributed by atoms with E-state index in [2.05, 4.69) is 10.1 Å². The summed E-state index contributed by atoms with van der Waals surface area (Å²) < 4.78 is 29.0. The monoisotopic (exact) mass is 317 g/mol. The molecule has 108 valence electrons. The van der Waals surface area contributed by atoms with Crippen LogP contribution in [-0.2, 0) is 0 Å². The van der Waals surface area contributed by atoms with Crippen molar-refractivity contribution in [3.05, 3.63) is 51.2 Å². The smallest absolute Gasteiger partial charge is 0.387 e. The third kappa shape index (κ3) is 3.69. The lowest BCUT2D eigenvalue weighted by Crippen LogP contribution is -2.21. The maximum atomic E-state index is 12.3. The lowest BCUT2D eigenvalue weighted by atomic mass is 10.0. The van der Waals surface area contributed by atoms with Crippen molar-refractivity contribution in [2.45, 2.75) is 19.6 Å². The first-order valence-corrected chi connectivity index (χ1v) is 7.38. The lowest BCUT2D eigenvalue weighted by Gasteiger charge is -2.18. The molecule has 0 aliphatic heterocycles. The Hall–Kier alpha value is -1.17. The van der Waals surface area contributed by atoms with Gasteiger partial charge in [0.25, 0.3) is 0 Å². The Bertz CT molecular complexity index is 562. The summed E-state index contributed by atoms with van der Waals surface area (Å²) in [7, 11) is 0. The summed E-state index contributed by atoms with van der Waals surface area (Å²) >= 11 is 7.69. The van der Waals surface area contributed by atoms with Crippen molar-refractivity contribution < 1.29 is 13.5 Å². The molecular weight excluding hydrogens is 304 g/mol. The van der Waals surface area contributed by atoms with Crippen LogP contribution in [-0.4, -0.2) is 13.2 Å². The van der Waals surface area contributed by atoms with Gasteiger partial charge in [0.15, 0.2) is 0 Å². The molecule has 0 aliphatic carbocycles. The van der Waals surface area contributed by atoms with E-state index in [9.17, 15) is 8.78 Å². The van der Waals surface area contributed by atoms with E-state index in [1.807, 2.05) is 24.4 Å². The summed E-state index contributed by atoms with van der Waals surface area (Å²) in [6, 6.07) is 8.37. The van der Waals surface area contributed by atoms with Crippen LogP contribution in [0.1, 0.15) is 23.4 Å². The zero-order chi connectivity index (χ0) is 14.5. The molecule has 1 aromatic heterocycles. The van der Waals surface area contributed by atoms with E-state index in [0.717, 1.165) is 17.0 Å². The van der Waals surface area contributed by atoms with Crippen LogP contribution in [0.15, 0.2) is 35.7 Å². The average molecular weight is 318 g/mol. The van der Waals surface area contributed by atoms with Gasteiger partial charge in [0.2, 0.25) is 0 Å². The fraction of sp³-hybridized carbons (Fsp3) is 0.286. The van der Waals surface area contributed by atoms with Gasteiger partial charge in [-0.15, -0.1) is 11.3 Å². The first-order chi connectivity index (χ1) is 9.61. The van der Waals surface area contributed by atoms with E-state index in [0.29, 0.717) is 5.02 Å². The van der Waals surface area contributed by atoms with Gasteiger partial charge in [-0.1, -0.05) is 30.7 Å². The summed E-state index contributed by atoms with van der Waals surface area (Å²) in [6.45, 7) is -0.111. The normalized spacial score (nSPS) is 12.7. The molecule has 1 unspecified atom stereocenters. The van der Waals surface area contributed by atoms with Gasteiger partial charge in [-0.05, 0) is 35.7 Å². The third-order valence-electron chi connectivity index (χ3n) is 2.73. The van der Waals surface area contributed by atoms with Gasteiger partial charge in [-0.2, -0.15) is 8.78 Å². The van der Waals surface area contributed by atoms with Gasteiger partial charge in [0, 0.05) is 4.88 Å². The second-order valence-electron chi connectivity index (χ2n) is 4.07. The molecule has 0 radical (unpaired) electrons. The van der Waals surface area contributed by atoms with Crippen molar-refractivity contribution in [2.75, 3.05) is 6.54 Å². The maximum absolute atomic E-state index is 12.3. The zero-order valence-electron chi connectivity index (χ0n) is 10.8. The van der Waals surface area contributed by atoms with E-state index in [4.69, 9.17) is 11.6 Å². The van der Waals surface area contributed by atoms with Crippen LogP contribution >= 0.6 is 22.9 Å².